The second-order valence-corrected chi connectivity index (χ2v) is 3.89. The van der Waals surface area contributed by atoms with Gasteiger partial charge in [0, 0.05) is 18.0 Å². The lowest BCUT2D eigenvalue weighted by atomic mass is 10.1. The largest absolute Gasteiger partial charge is 0.462 e. The SMILES string of the molecule is C1=Cc2cccc3c4occc4n(c23)C1. The normalized spacial score (nSPS) is 14.1. The number of hydrogen-bond acceptors (Lipinski definition) is 1. The summed E-state index contributed by atoms with van der Waals surface area (Å²) in [5.41, 5.74) is 4.79. The van der Waals surface area contributed by atoms with Crippen molar-refractivity contribution < 1.29 is 4.42 Å². The van der Waals surface area contributed by atoms with E-state index in [1.165, 1.54) is 22.0 Å². The quantitative estimate of drug-likeness (QED) is 0.537. The minimum atomic E-state index is 0.941. The molecule has 2 nitrogen and oxygen atoms in total. The maximum atomic E-state index is 5.55. The molecule has 15 heavy (non-hydrogen) atoms. The highest BCUT2D eigenvalue weighted by atomic mass is 16.3. The van der Waals surface area contributed by atoms with Crippen LogP contribution >= 0.6 is 0 Å². The number of hydrogen-bond donors (Lipinski definition) is 0. The van der Waals surface area contributed by atoms with Crippen molar-refractivity contribution in [3.8, 4) is 0 Å². The predicted octanol–water partition coefficient (Wildman–Crippen LogP) is 3.41. The molecule has 1 aromatic carbocycles. The molecule has 0 N–H and O–H groups in total. The number of benzene rings is 1. The summed E-state index contributed by atoms with van der Waals surface area (Å²) in [4.78, 5) is 0. The van der Waals surface area contributed by atoms with E-state index >= 15 is 0 Å². The van der Waals surface area contributed by atoms with E-state index in [1.54, 1.807) is 6.26 Å². The van der Waals surface area contributed by atoms with E-state index in [2.05, 4.69) is 34.9 Å². The molecule has 0 saturated heterocycles. The fourth-order valence-electron chi connectivity index (χ4n) is 2.49. The maximum absolute atomic E-state index is 5.55. The Labute approximate surface area is 86.4 Å². The lowest BCUT2D eigenvalue weighted by molar-refractivity contribution is 0.619. The van der Waals surface area contributed by atoms with Gasteiger partial charge in [-0.25, -0.2) is 0 Å². The van der Waals surface area contributed by atoms with Crippen LogP contribution in [0, 0.1) is 0 Å². The summed E-state index contributed by atoms with van der Waals surface area (Å²) in [6.45, 7) is 0.941. The van der Waals surface area contributed by atoms with E-state index in [1.807, 2.05) is 6.07 Å². The van der Waals surface area contributed by atoms with Gasteiger partial charge in [0.05, 0.1) is 17.3 Å². The molecule has 2 aromatic heterocycles. The van der Waals surface area contributed by atoms with E-state index in [9.17, 15) is 0 Å². The molecule has 3 aromatic rings. The topological polar surface area (TPSA) is 18.1 Å². The first-order valence-electron chi connectivity index (χ1n) is 5.10. The van der Waals surface area contributed by atoms with Crippen molar-refractivity contribution >= 4 is 28.1 Å². The van der Waals surface area contributed by atoms with Crippen LogP contribution in [0.3, 0.4) is 0 Å². The van der Waals surface area contributed by atoms with E-state index < -0.39 is 0 Å². The summed E-state index contributed by atoms with van der Waals surface area (Å²) in [6.07, 6.45) is 6.13. The number of furan rings is 1. The van der Waals surface area contributed by atoms with Gasteiger partial charge in [-0.15, -0.1) is 0 Å². The lowest BCUT2D eigenvalue weighted by Crippen LogP contribution is -1.99. The molecule has 0 spiro atoms. The third-order valence-electron chi connectivity index (χ3n) is 3.10. The highest BCUT2D eigenvalue weighted by Gasteiger charge is 2.16. The molecule has 4 rings (SSSR count). The van der Waals surface area contributed by atoms with Gasteiger partial charge in [0.15, 0.2) is 5.58 Å². The van der Waals surface area contributed by atoms with Crippen LogP contribution < -0.4 is 0 Å². The average molecular weight is 195 g/mol. The van der Waals surface area contributed by atoms with Crippen molar-refractivity contribution in [2.75, 3.05) is 0 Å². The summed E-state index contributed by atoms with van der Waals surface area (Å²) in [6, 6.07) is 8.39. The molecule has 0 saturated carbocycles. The zero-order valence-corrected chi connectivity index (χ0v) is 8.10. The van der Waals surface area contributed by atoms with Gasteiger partial charge in [-0.1, -0.05) is 24.3 Å². The molecule has 0 fully saturated rings. The van der Waals surface area contributed by atoms with Gasteiger partial charge in [0.25, 0.3) is 0 Å². The fraction of sp³-hybridized carbons (Fsp3) is 0.0769. The lowest BCUT2D eigenvalue weighted by Gasteiger charge is -2.09. The summed E-state index contributed by atoms with van der Waals surface area (Å²) in [7, 11) is 0. The standard InChI is InChI=1S/C13H9NO/c1-3-9-4-2-7-14-11-6-8-15-13(11)10(5-1)12(9)14/h1-6,8H,7H2. The van der Waals surface area contributed by atoms with Gasteiger partial charge in [0.1, 0.15) is 0 Å². The summed E-state index contributed by atoms with van der Waals surface area (Å²) < 4.78 is 7.86. The van der Waals surface area contributed by atoms with Gasteiger partial charge >= 0.3 is 0 Å². The van der Waals surface area contributed by atoms with E-state index in [4.69, 9.17) is 4.42 Å². The Balaban J connectivity index is 2.41. The van der Waals surface area contributed by atoms with Crippen molar-refractivity contribution in [2.45, 2.75) is 6.54 Å². The van der Waals surface area contributed by atoms with Crippen molar-refractivity contribution in [3.63, 3.8) is 0 Å². The van der Waals surface area contributed by atoms with Crippen LogP contribution in [-0.4, -0.2) is 4.57 Å². The first kappa shape index (κ1) is 7.35. The Hall–Kier alpha value is -1.96. The Bertz CT molecular complexity index is 700. The molecular weight excluding hydrogens is 186 g/mol. The van der Waals surface area contributed by atoms with Gasteiger partial charge in [-0.2, -0.15) is 0 Å². The molecule has 0 atom stereocenters. The van der Waals surface area contributed by atoms with E-state index in [-0.39, 0.29) is 0 Å². The molecule has 1 aliphatic heterocycles. The van der Waals surface area contributed by atoms with Crippen LogP contribution in [-0.2, 0) is 6.54 Å². The zero-order chi connectivity index (χ0) is 9.83. The summed E-state index contributed by atoms with van der Waals surface area (Å²) >= 11 is 0. The molecule has 0 amide bonds. The Morgan fingerprint density at radius 1 is 1.20 bits per heavy atom. The van der Waals surface area contributed by atoms with Crippen molar-refractivity contribution in [1.29, 1.82) is 0 Å². The second kappa shape index (κ2) is 2.34. The van der Waals surface area contributed by atoms with Crippen LogP contribution in [0.15, 0.2) is 41.0 Å². The molecule has 0 aliphatic carbocycles. The molecular formula is C13H9NO. The third-order valence-corrected chi connectivity index (χ3v) is 3.10. The monoisotopic (exact) mass is 195 g/mol. The van der Waals surface area contributed by atoms with Crippen molar-refractivity contribution in [3.05, 3.63) is 42.2 Å². The fourth-order valence-corrected chi connectivity index (χ4v) is 2.49. The minimum absolute atomic E-state index is 0.941. The van der Waals surface area contributed by atoms with Crippen LogP contribution in [0.25, 0.3) is 28.1 Å². The Kier molecular flexibility index (Phi) is 1.15. The molecule has 2 heteroatoms. The number of para-hydroxylation sites is 1. The number of allylic oxidation sites excluding steroid dienone is 1. The van der Waals surface area contributed by atoms with Crippen molar-refractivity contribution in [1.82, 2.24) is 4.57 Å². The maximum Gasteiger partial charge on any atom is 0.159 e. The van der Waals surface area contributed by atoms with Crippen LogP contribution in [0.5, 0.6) is 0 Å². The molecule has 0 unspecified atom stereocenters. The number of aromatic nitrogens is 1. The predicted molar refractivity (Wildman–Crippen MR) is 60.7 cm³/mol. The van der Waals surface area contributed by atoms with Gasteiger partial charge < -0.3 is 8.98 Å². The van der Waals surface area contributed by atoms with Crippen molar-refractivity contribution in [2.24, 2.45) is 0 Å². The zero-order valence-electron chi connectivity index (χ0n) is 8.10. The van der Waals surface area contributed by atoms with Crippen LogP contribution in [0.2, 0.25) is 0 Å². The Morgan fingerprint density at radius 3 is 3.20 bits per heavy atom. The minimum Gasteiger partial charge on any atom is -0.462 e. The second-order valence-electron chi connectivity index (χ2n) is 3.89. The number of nitrogens with zero attached hydrogens (tertiary/aromatic N) is 1. The van der Waals surface area contributed by atoms with Gasteiger partial charge in [-0.3, -0.25) is 0 Å². The summed E-state index contributed by atoms with van der Waals surface area (Å²) in [5.74, 6) is 0. The number of rotatable bonds is 0. The smallest absolute Gasteiger partial charge is 0.159 e. The van der Waals surface area contributed by atoms with Crippen LogP contribution in [0.1, 0.15) is 5.56 Å². The Morgan fingerprint density at radius 2 is 2.20 bits per heavy atom. The van der Waals surface area contributed by atoms with E-state index in [0.29, 0.717) is 0 Å². The molecule has 72 valence electrons. The van der Waals surface area contributed by atoms with Gasteiger partial charge in [-0.05, 0) is 11.6 Å². The molecule has 0 bridgehead atoms. The van der Waals surface area contributed by atoms with E-state index in [0.717, 1.165) is 12.1 Å². The van der Waals surface area contributed by atoms with Crippen LogP contribution in [0.4, 0.5) is 0 Å². The average Bonchev–Trinajstić information content (AvgIpc) is 2.84. The number of fused-ring (bicyclic) bond motifs is 3. The highest BCUT2D eigenvalue weighted by Crippen LogP contribution is 2.34. The van der Waals surface area contributed by atoms with Gasteiger partial charge in [0.2, 0.25) is 0 Å². The molecule has 1 aliphatic rings. The molecule has 0 radical (unpaired) electrons. The molecule has 3 heterocycles. The first-order valence-corrected chi connectivity index (χ1v) is 5.10. The highest BCUT2D eigenvalue weighted by molar-refractivity contribution is 6.08. The third kappa shape index (κ3) is 0.757. The summed E-state index contributed by atoms with van der Waals surface area (Å²) in [5, 5.41) is 1.22. The first-order chi connectivity index (χ1) is 7.45.